The molecule has 27 heavy (non-hydrogen) atoms. The number of guanidine groups is 1. The van der Waals surface area contributed by atoms with E-state index in [4.69, 9.17) is 5.73 Å². The number of rotatable bonds is 6. The third kappa shape index (κ3) is 6.08. The fourth-order valence-corrected chi connectivity index (χ4v) is 3.27. The van der Waals surface area contributed by atoms with Gasteiger partial charge < -0.3 is 16.2 Å². The number of aliphatic imine (C=N–C) groups is 1. The molecule has 5 nitrogen and oxygen atoms in total. The Morgan fingerprint density at radius 2 is 1.63 bits per heavy atom. The van der Waals surface area contributed by atoms with E-state index in [1.54, 1.807) is 0 Å². The number of aliphatic hydroxyl groups is 1. The summed E-state index contributed by atoms with van der Waals surface area (Å²) >= 11 is 0. The van der Waals surface area contributed by atoms with Gasteiger partial charge in [-0.15, -0.1) is 0 Å². The summed E-state index contributed by atoms with van der Waals surface area (Å²) in [5, 5.41) is 12.7. The predicted molar refractivity (Wildman–Crippen MR) is 112 cm³/mol. The highest BCUT2D eigenvalue weighted by atomic mass is 16.3. The van der Waals surface area contributed by atoms with Crippen LogP contribution in [0.5, 0.6) is 0 Å². The minimum absolute atomic E-state index is 0.120. The van der Waals surface area contributed by atoms with Crippen LogP contribution in [0.25, 0.3) is 0 Å². The normalized spacial score (nSPS) is 16.4. The van der Waals surface area contributed by atoms with Crippen molar-refractivity contribution < 1.29 is 5.11 Å². The fraction of sp³-hybridized carbons (Fsp3) is 0.409. The summed E-state index contributed by atoms with van der Waals surface area (Å²) in [5.41, 5.74) is 10.7. The van der Waals surface area contributed by atoms with Gasteiger partial charge in [0.15, 0.2) is 5.96 Å². The van der Waals surface area contributed by atoms with Crippen molar-refractivity contribution in [2.45, 2.75) is 45.4 Å². The molecule has 1 aliphatic heterocycles. The van der Waals surface area contributed by atoms with E-state index < -0.39 is 0 Å². The Morgan fingerprint density at radius 1 is 1.04 bits per heavy atom. The summed E-state index contributed by atoms with van der Waals surface area (Å²) in [7, 11) is 0. The first-order valence-electron chi connectivity index (χ1n) is 9.76. The van der Waals surface area contributed by atoms with Crippen LogP contribution in [0, 0.1) is 0 Å². The largest absolute Gasteiger partial charge is 0.393 e. The van der Waals surface area contributed by atoms with Crippen LogP contribution in [0.3, 0.4) is 0 Å². The minimum Gasteiger partial charge on any atom is -0.393 e. The maximum Gasteiger partial charge on any atom is 0.193 e. The maximum atomic E-state index is 9.60. The van der Waals surface area contributed by atoms with Gasteiger partial charge >= 0.3 is 0 Å². The molecule has 3 rings (SSSR count). The first-order chi connectivity index (χ1) is 13.1. The molecule has 0 atom stereocenters. The predicted octanol–water partition coefficient (Wildman–Crippen LogP) is 3.13. The molecule has 1 heterocycles. The van der Waals surface area contributed by atoms with E-state index in [0.29, 0.717) is 12.5 Å². The minimum atomic E-state index is -0.120. The number of hydrogen-bond donors (Lipinski definition) is 3. The zero-order valence-electron chi connectivity index (χ0n) is 16.1. The number of benzene rings is 2. The zero-order valence-corrected chi connectivity index (χ0v) is 16.1. The van der Waals surface area contributed by atoms with Gasteiger partial charge in [-0.1, -0.05) is 43.3 Å². The maximum absolute atomic E-state index is 9.60. The molecule has 0 amide bonds. The lowest BCUT2D eigenvalue weighted by atomic mass is 10.1. The number of hydrogen-bond acceptors (Lipinski definition) is 3. The molecule has 0 aliphatic carbocycles. The van der Waals surface area contributed by atoms with Crippen LogP contribution < -0.4 is 11.1 Å². The summed E-state index contributed by atoms with van der Waals surface area (Å²) in [6.07, 6.45) is 2.66. The highest BCUT2D eigenvalue weighted by Crippen LogP contribution is 2.15. The van der Waals surface area contributed by atoms with Crippen molar-refractivity contribution in [3.8, 4) is 0 Å². The first-order valence-corrected chi connectivity index (χ1v) is 9.76. The number of nitrogens with zero attached hydrogens (tertiary/aromatic N) is 2. The number of nitrogens with two attached hydrogens (primary N) is 1. The monoisotopic (exact) mass is 366 g/mol. The average Bonchev–Trinajstić information content (AvgIpc) is 2.70. The number of anilines is 1. The van der Waals surface area contributed by atoms with Gasteiger partial charge in [0.05, 0.1) is 12.6 Å². The van der Waals surface area contributed by atoms with Crippen molar-refractivity contribution in [2.75, 3.05) is 18.4 Å². The summed E-state index contributed by atoms with van der Waals surface area (Å²) in [6.45, 7) is 5.57. The molecule has 5 heteroatoms. The van der Waals surface area contributed by atoms with E-state index in [1.165, 1.54) is 11.1 Å². The number of aryl methyl sites for hydroxylation is 1. The molecule has 1 aliphatic rings. The molecule has 2 aromatic carbocycles. The van der Waals surface area contributed by atoms with E-state index >= 15 is 0 Å². The van der Waals surface area contributed by atoms with E-state index in [1.807, 2.05) is 12.1 Å². The highest BCUT2D eigenvalue weighted by molar-refractivity contribution is 5.92. The Labute approximate surface area is 161 Å². The first kappa shape index (κ1) is 19.4. The smallest absolute Gasteiger partial charge is 0.193 e. The van der Waals surface area contributed by atoms with Crippen LogP contribution >= 0.6 is 0 Å². The van der Waals surface area contributed by atoms with Gasteiger partial charge in [0.2, 0.25) is 0 Å². The number of piperidine rings is 1. The zero-order chi connectivity index (χ0) is 19.1. The van der Waals surface area contributed by atoms with Crippen molar-refractivity contribution in [3.63, 3.8) is 0 Å². The van der Waals surface area contributed by atoms with Gasteiger partial charge in [0.1, 0.15) is 0 Å². The van der Waals surface area contributed by atoms with Crippen molar-refractivity contribution in [1.29, 1.82) is 0 Å². The van der Waals surface area contributed by atoms with E-state index in [0.717, 1.165) is 50.1 Å². The SMILES string of the molecule is CCc1ccc(NC(N)=NCc2ccc(CN3CCC(O)CC3)cc2)cc1. The van der Waals surface area contributed by atoms with E-state index in [-0.39, 0.29) is 6.10 Å². The number of likely N-dealkylation sites (tertiary alicyclic amines) is 1. The van der Waals surface area contributed by atoms with Crippen LogP contribution in [0.15, 0.2) is 53.5 Å². The van der Waals surface area contributed by atoms with E-state index in [9.17, 15) is 5.11 Å². The second-order valence-corrected chi connectivity index (χ2v) is 7.20. The second kappa shape index (κ2) is 9.53. The molecule has 0 spiro atoms. The summed E-state index contributed by atoms with van der Waals surface area (Å²) < 4.78 is 0. The van der Waals surface area contributed by atoms with Gasteiger partial charge in [-0.05, 0) is 48.1 Å². The summed E-state index contributed by atoms with van der Waals surface area (Å²) in [4.78, 5) is 6.83. The lowest BCUT2D eigenvalue weighted by Gasteiger charge is -2.29. The van der Waals surface area contributed by atoms with Crippen molar-refractivity contribution in [1.82, 2.24) is 4.90 Å². The second-order valence-electron chi connectivity index (χ2n) is 7.20. The van der Waals surface area contributed by atoms with Crippen molar-refractivity contribution in [2.24, 2.45) is 10.7 Å². The molecular formula is C22H30N4O. The molecule has 0 unspecified atom stereocenters. The van der Waals surface area contributed by atoms with Crippen molar-refractivity contribution >= 4 is 11.6 Å². The Hall–Kier alpha value is -2.37. The molecular weight excluding hydrogens is 336 g/mol. The van der Waals surface area contributed by atoms with Crippen molar-refractivity contribution in [3.05, 3.63) is 65.2 Å². The molecule has 0 saturated carbocycles. The molecule has 1 fully saturated rings. The van der Waals surface area contributed by atoms with Gasteiger partial charge in [-0.25, -0.2) is 4.99 Å². The average molecular weight is 367 g/mol. The molecule has 2 aromatic rings. The quantitative estimate of drug-likeness (QED) is 0.542. The van der Waals surface area contributed by atoms with Crippen LogP contribution in [-0.4, -0.2) is 35.2 Å². The Bertz CT molecular complexity index is 732. The molecule has 0 aromatic heterocycles. The Balaban J connectivity index is 1.49. The van der Waals surface area contributed by atoms with Gasteiger partial charge in [-0.3, -0.25) is 4.90 Å². The van der Waals surface area contributed by atoms with Crippen LogP contribution in [0.4, 0.5) is 5.69 Å². The Morgan fingerprint density at radius 3 is 2.26 bits per heavy atom. The molecule has 144 valence electrons. The van der Waals surface area contributed by atoms with Crippen LogP contribution in [0.2, 0.25) is 0 Å². The Kier molecular flexibility index (Phi) is 6.85. The van der Waals surface area contributed by atoms with Gasteiger partial charge in [0.25, 0.3) is 0 Å². The van der Waals surface area contributed by atoms with E-state index in [2.05, 4.69) is 58.5 Å². The third-order valence-corrected chi connectivity index (χ3v) is 5.05. The lowest BCUT2D eigenvalue weighted by Crippen LogP contribution is -2.35. The molecule has 0 radical (unpaired) electrons. The third-order valence-electron chi connectivity index (χ3n) is 5.05. The fourth-order valence-electron chi connectivity index (χ4n) is 3.27. The summed E-state index contributed by atoms with van der Waals surface area (Å²) in [5.74, 6) is 0.426. The van der Waals surface area contributed by atoms with Crippen LogP contribution in [0.1, 0.15) is 36.5 Å². The van der Waals surface area contributed by atoms with Gasteiger partial charge in [-0.2, -0.15) is 0 Å². The standard InChI is InChI=1S/C22H30N4O/c1-2-17-7-9-20(10-8-17)25-22(23)24-15-18-3-5-19(6-4-18)16-26-13-11-21(27)12-14-26/h3-10,21,27H,2,11-16H2,1H3,(H3,23,24,25). The number of nitrogens with one attached hydrogen (secondary N) is 1. The topological polar surface area (TPSA) is 73.9 Å². The summed E-state index contributed by atoms with van der Waals surface area (Å²) in [6, 6.07) is 16.8. The molecule has 4 N–H and O–H groups in total. The molecule has 1 saturated heterocycles. The molecule has 0 bridgehead atoms. The highest BCUT2D eigenvalue weighted by Gasteiger charge is 2.16. The lowest BCUT2D eigenvalue weighted by molar-refractivity contribution is 0.0792. The van der Waals surface area contributed by atoms with Gasteiger partial charge in [0, 0.05) is 25.3 Å². The van der Waals surface area contributed by atoms with Crippen LogP contribution in [-0.2, 0) is 19.5 Å². The number of aliphatic hydroxyl groups excluding tert-OH is 1.